The Morgan fingerprint density at radius 1 is 1.19 bits per heavy atom. The highest BCUT2D eigenvalue weighted by atomic mass is 32.1. The lowest BCUT2D eigenvalue weighted by Gasteiger charge is -2.25. The van der Waals surface area contributed by atoms with Crippen LogP contribution in [0, 0.1) is 6.92 Å². The highest BCUT2D eigenvalue weighted by Gasteiger charge is 2.30. The van der Waals surface area contributed by atoms with Crippen molar-refractivity contribution in [1.29, 1.82) is 0 Å². The van der Waals surface area contributed by atoms with Crippen LogP contribution >= 0.6 is 11.3 Å². The number of alkyl halides is 3. The highest BCUT2D eigenvalue weighted by Crippen LogP contribution is 2.33. The van der Waals surface area contributed by atoms with E-state index < -0.39 is 24.0 Å². The second-order valence-electron chi connectivity index (χ2n) is 7.38. The zero-order chi connectivity index (χ0) is 22.9. The molecule has 0 spiro atoms. The molecule has 9 heteroatoms. The number of nitrogens with zero attached hydrogens (tertiary/aromatic N) is 1. The molecule has 0 radical (unpaired) electrons. The zero-order valence-corrected chi connectivity index (χ0v) is 18.2. The van der Waals surface area contributed by atoms with Crippen LogP contribution < -0.4 is 4.74 Å². The van der Waals surface area contributed by atoms with Gasteiger partial charge in [0.15, 0.2) is 0 Å². The molecule has 1 aliphatic heterocycles. The smallest absolute Gasteiger partial charge is 0.416 e. The molecule has 0 N–H and O–H groups in total. The second kappa shape index (κ2) is 8.91. The number of carbonyl (C=O) groups excluding carboxylic acids is 1. The van der Waals surface area contributed by atoms with Crippen molar-refractivity contribution in [3.8, 4) is 16.3 Å². The van der Waals surface area contributed by atoms with E-state index in [-0.39, 0.29) is 6.61 Å². The Balaban J connectivity index is 1.44. The predicted octanol–water partition coefficient (Wildman–Crippen LogP) is 5.68. The molecule has 0 unspecified atom stereocenters. The molecule has 0 aliphatic carbocycles. The van der Waals surface area contributed by atoms with Crippen molar-refractivity contribution in [3.05, 3.63) is 69.7 Å². The summed E-state index contributed by atoms with van der Waals surface area (Å²) in [7, 11) is 0. The lowest BCUT2D eigenvalue weighted by atomic mass is 10.0. The Morgan fingerprint density at radius 2 is 1.94 bits per heavy atom. The van der Waals surface area contributed by atoms with Gasteiger partial charge in [-0.05, 0) is 42.3 Å². The predicted molar refractivity (Wildman–Crippen MR) is 112 cm³/mol. The summed E-state index contributed by atoms with van der Waals surface area (Å²) in [5, 5.41) is 0.640. The fourth-order valence-corrected chi connectivity index (χ4v) is 4.32. The van der Waals surface area contributed by atoms with E-state index >= 15 is 0 Å². The largest absolute Gasteiger partial charge is 0.488 e. The highest BCUT2D eigenvalue weighted by molar-refractivity contribution is 7.15. The van der Waals surface area contributed by atoms with Gasteiger partial charge >= 0.3 is 12.1 Å². The first kappa shape index (κ1) is 22.3. The van der Waals surface area contributed by atoms with Crippen molar-refractivity contribution in [1.82, 2.24) is 4.98 Å². The minimum Gasteiger partial charge on any atom is -0.488 e. The number of carbonyl (C=O) groups is 1. The first-order valence-corrected chi connectivity index (χ1v) is 10.7. The summed E-state index contributed by atoms with van der Waals surface area (Å²) in [4.78, 5) is 16.5. The van der Waals surface area contributed by atoms with E-state index in [1.54, 1.807) is 0 Å². The van der Waals surface area contributed by atoms with Crippen LogP contribution in [0.5, 0.6) is 5.75 Å². The van der Waals surface area contributed by atoms with Crippen LogP contribution in [0.2, 0.25) is 0 Å². The molecule has 168 valence electrons. The van der Waals surface area contributed by atoms with Crippen LogP contribution in [0.25, 0.3) is 10.6 Å². The van der Waals surface area contributed by atoms with E-state index in [1.807, 2.05) is 25.1 Å². The maximum absolute atomic E-state index is 12.8. The third-order valence-electron chi connectivity index (χ3n) is 5.01. The van der Waals surface area contributed by atoms with Crippen LogP contribution in [-0.4, -0.2) is 17.2 Å². The minimum atomic E-state index is -4.37. The molecule has 0 fully saturated rings. The van der Waals surface area contributed by atoms with Gasteiger partial charge in [0.05, 0.1) is 22.7 Å². The monoisotopic (exact) mass is 463 g/mol. The summed E-state index contributed by atoms with van der Waals surface area (Å²) in [6, 6.07) is 10.6. The van der Waals surface area contributed by atoms with E-state index in [0.29, 0.717) is 29.3 Å². The fraction of sp³-hybridized carbons (Fsp3) is 0.304. The van der Waals surface area contributed by atoms with Crippen LogP contribution in [-0.2, 0) is 40.1 Å². The number of ether oxygens (including phenoxy) is 3. The summed E-state index contributed by atoms with van der Waals surface area (Å²) >= 11 is 1.39. The van der Waals surface area contributed by atoms with Crippen LogP contribution in [0.4, 0.5) is 13.2 Å². The maximum Gasteiger partial charge on any atom is 0.416 e. The van der Waals surface area contributed by atoms with E-state index in [1.165, 1.54) is 30.4 Å². The molecule has 2 heterocycles. The Morgan fingerprint density at radius 3 is 2.62 bits per heavy atom. The number of hydrogen-bond donors (Lipinski definition) is 0. The number of fused-ring (bicyclic) bond motifs is 1. The van der Waals surface area contributed by atoms with Gasteiger partial charge in [-0.15, -0.1) is 11.3 Å². The number of hydrogen-bond acceptors (Lipinski definition) is 6. The van der Waals surface area contributed by atoms with Gasteiger partial charge < -0.3 is 14.2 Å². The fourth-order valence-electron chi connectivity index (χ4n) is 3.34. The van der Waals surface area contributed by atoms with E-state index in [0.717, 1.165) is 33.8 Å². The van der Waals surface area contributed by atoms with Gasteiger partial charge in [0, 0.05) is 18.9 Å². The Hall–Kier alpha value is -2.91. The van der Waals surface area contributed by atoms with Crippen molar-refractivity contribution in [3.63, 3.8) is 0 Å². The molecule has 2 aromatic carbocycles. The first-order chi connectivity index (χ1) is 15.2. The molecule has 1 aliphatic rings. The van der Waals surface area contributed by atoms with Crippen molar-refractivity contribution in [2.75, 3.05) is 0 Å². The SMILES string of the molecule is CC(=O)O[C@H]1Cc2cc(OCc3sc(-c4ccc(C(F)(F)F)cc4)nc3C)ccc2CO1. The second-order valence-corrected chi connectivity index (χ2v) is 8.46. The number of halogens is 3. The van der Waals surface area contributed by atoms with E-state index in [9.17, 15) is 18.0 Å². The van der Waals surface area contributed by atoms with Gasteiger partial charge in [-0.1, -0.05) is 18.2 Å². The summed E-state index contributed by atoms with van der Waals surface area (Å²) < 4.78 is 54.9. The maximum atomic E-state index is 12.8. The van der Waals surface area contributed by atoms with E-state index in [2.05, 4.69) is 4.98 Å². The van der Waals surface area contributed by atoms with Gasteiger partial charge in [-0.2, -0.15) is 13.2 Å². The van der Waals surface area contributed by atoms with Crippen molar-refractivity contribution in [2.45, 2.75) is 45.9 Å². The molecule has 0 bridgehead atoms. The summed E-state index contributed by atoms with van der Waals surface area (Å²) in [5.41, 5.74) is 2.71. The molecule has 4 rings (SSSR count). The zero-order valence-electron chi connectivity index (χ0n) is 17.4. The van der Waals surface area contributed by atoms with Crippen molar-refractivity contribution in [2.24, 2.45) is 0 Å². The topological polar surface area (TPSA) is 57.7 Å². The number of esters is 1. The quantitative estimate of drug-likeness (QED) is 0.456. The van der Waals surface area contributed by atoms with Gasteiger partial charge in [0.1, 0.15) is 17.4 Å². The number of aromatic nitrogens is 1. The Kier molecular flexibility index (Phi) is 6.21. The molecular weight excluding hydrogens is 443 g/mol. The third-order valence-corrected chi connectivity index (χ3v) is 6.19. The van der Waals surface area contributed by atoms with Crippen LogP contribution in [0.15, 0.2) is 42.5 Å². The number of rotatable bonds is 5. The Labute approximate surface area is 186 Å². The number of thiazole rings is 1. The van der Waals surface area contributed by atoms with Crippen molar-refractivity contribution >= 4 is 17.3 Å². The number of aryl methyl sites for hydroxylation is 1. The van der Waals surface area contributed by atoms with Crippen molar-refractivity contribution < 1.29 is 32.2 Å². The molecule has 5 nitrogen and oxygen atoms in total. The lowest BCUT2D eigenvalue weighted by Crippen LogP contribution is -2.27. The van der Waals surface area contributed by atoms with Crippen LogP contribution in [0.1, 0.15) is 34.2 Å². The average molecular weight is 463 g/mol. The first-order valence-electron chi connectivity index (χ1n) is 9.86. The minimum absolute atomic E-state index is 0.285. The third kappa shape index (κ3) is 5.11. The van der Waals surface area contributed by atoms with Gasteiger partial charge in [-0.3, -0.25) is 4.79 Å². The lowest BCUT2D eigenvalue weighted by molar-refractivity contribution is -0.181. The average Bonchev–Trinajstić information content (AvgIpc) is 3.11. The van der Waals surface area contributed by atoms with Gasteiger partial charge in [-0.25, -0.2) is 4.98 Å². The molecule has 1 aromatic heterocycles. The Bertz CT molecular complexity index is 1130. The van der Waals surface area contributed by atoms with Gasteiger partial charge in [0.2, 0.25) is 6.29 Å². The molecular formula is C23H20F3NO4S. The van der Waals surface area contributed by atoms with Crippen LogP contribution in [0.3, 0.4) is 0 Å². The summed E-state index contributed by atoms with van der Waals surface area (Å²) in [6.45, 7) is 3.83. The van der Waals surface area contributed by atoms with E-state index in [4.69, 9.17) is 14.2 Å². The molecule has 32 heavy (non-hydrogen) atoms. The van der Waals surface area contributed by atoms with Gasteiger partial charge in [0.25, 0.3) is 0 Å². The molecule has 1 atom stereocenters. The normalized spacial score (nSPS) is 15.8. The molecule has 3 aromatic rings. The summed E-state index contributed by atoms with van der Waals surface area (Å²) in [6.07, 6.45) is -4.52. The molecule has 0 saturated heterocycles. The molecule has 0 saturated carbocycles. The standard InChI is InChI=1S/C23H20F3NO4S/c1-13-20(32-22(27-13)15-3-6-18(7-4-15)23(24,25)26)12-29-19-8-5-16-11-30-21(31-14(2)28)10-17(16)9-19/h3-9,21H,10-12H2,1-2H3/t21-/m0/s1. The number of benzene rings is 2. The molecule has 0 amide bonds. The summed E-state index contributed by atoms with van der Waals surface area (Å²) in [5.74, 6) is 0.270.